The third kappa shape index (κ3) is 3.17. The fourth-order valence-electron chi connectivity index (χ4n) is 2.33. The van der Waals surface area contributed by atoms with E-state index >= 15 is 0 Å². The molecule has 1 fully saturated rings. The summed E-state index contributed by atoms with van der Waals surface area (Å²) >= 11 is 0. The molecule has 1 aromatic carbocycles. The van der Waals surface area contributed by atoms with Gasteiger partial charge in [-0.3, -0.25) is 4.90 Å². The lowest BCUT2D eigenvalue weighted by Gasteiger charge is -2.32. The number of aromatic amines is 1. The van der Waals surface area contributed by atoms with Gasteiger partial charge >= 0.3 is 0 Å². The second-order valence-corrected chi connectivity index (χ2v) is 4.79. The van der Waals surface area contributed by atoms with Crippen LogP contribution in [0.25, 0.3) is 0 Å². The average Bonchev–Trinajstić information content (AvgIpc) is 3.00. The van der Waals surface area contributed by atoms with Gasteiger partial charge in [0.1, 0.15) is 5.82 Å². The van der Waals surface area contributed by atoms with Crippen molar-refractivity contribution in [3.8, 4) is 0 Å². The van der Waals surface area contributed by atoms with Gasteiger partial charge in [0.2, 0.25) is 0 Å². The van der Waals surface area contributed by atoms with Gasteiger partial charge in [-0.05, 0) is 17.7 Å². The van der Waals surface area contributed by atoms with Gasteiger partial charge in [0.25, 0.3) is 0 Å². The Morgan fingerprint density at radius 3 is 2.95 bits per heavy atom. The Morgan fingerprint density at radius 2 is 2.20 bits per heavy atom. The highest BCUT2D eigenvalue weighted by molar-refractivity contribution is 5.19. The molecule has 0 aliphatic carbocycles. The third-order valence-corrected chi connectivity index (χ3v) is 3.43. The summed E-state index contributed by atoms with van der Waals surface area (Å²) in [6.07, 6.45) is 0.752. The minimum atomic E-state index is -0.224. The van der Waals surface area contributed by atoms with E-state index in [4.69, 9.17) is 4.74 Å². The summed E-state index contributed by atoms with van der Waals surface area (Å²) in [5.74, 6) is 0.494. The first-order valence-electron chi connectivity index (χ1n) is 6.63. The Bertz CT molecular complexity index is 530. The number of halogens is 1. The molecule has 106 valence electrons. The van der Waals surface area contributed by atoms with Crippen LogP contribution in [0.5, 0.6) is 0 Å². The zero-order valence-electron chi connectivity index (χ0n) is 11.0. The molecule has 0 radical (unpaired) electrons. The summed E-state index contributed by atoms with van der Waals surface area (Å²) < 4.78 is 18.7. The number of benzene rings is 1. The molecule has 0 spiro atoms. The van der Waals surface area contributed by atoms with Crippen molar-refractivity contribution in [1.82, 2.24) is 25.5 Å². The Hall–Kier alpha value is -1.86. The molecule has 1 N–H and O–H groups in total. The largest absolute Gasteiger partial charge is 0.371 e. The van der Waals surface area contributed by atoms with Gasteiger partial charge < -0.3 is 4.74 Å². The van der Waals surface area contributed by atoms with Crippen LogP contribution in [-0.2, 0) is 11.2 Å². The first-order valence-corrected chi connectivity index (χ1v) is 6.63. The molecule has 1 aliphatic rings. The van der Waals surface area contributed by atoms with Crippen LogP contribution >= 0.6 is 0 Å². The topological polar surface area (TPSA) is 66.9 Å². The maximum Gasteiger partial charge on any atom is 0.175 e. The van der Waals surface area contributed by atoms with Crippen LogP contribution in [0.4, 0.5) is 4.39 Å². The van der Waals surface area contributed by atoms with E-state index in [1.54, 1.807) is 12.1 Å². The van der Waals surface area contributed by atoms with E-state index in [1.807, 2.05) is 0 Å². The lowest BCUT2D eigenvalue weighted by molar-refractivity contribution is -0.0297. The second-order valence-electron chi connectivity index (χ2n) is 4.79. The summed E-state index contributed by atoms with van der Waals surface area (Å²) in [5.41, 5.74) is 1.01. The number of H-pyrrole nitrogens is 1. The quantitative estimate of drug-likeness (QED) is 0.901. The maximum atomic E-state index is 12.9. The lowest BCUT2D eigenvalue weighted by Crippen LogP contribution is -2.39. The fraction of sp³-hybridized carbons (Fsp3) is 0.462. The highest BCUT2D eigenvalue weighted by Crippen LogP contribution is 2.22. The molecule has 0 bridgehead atoms. The van der Waals surface area contributed by atoms with E-state index in [1.165, 1.54) is 12.1 Å². The number of tetrazole rings is 1. The molecule has 1 aromatic heterocycles. The first kappa shape index (κ1) is 13.1. The Labute approximate surface area is 115 Å². The Balaban J connectivity index is 1.57. The standard InChI is InChI=1S/C13H16FN5O/c14-11-3-1-10(2-4-11)12-9-19(7-8-20-12)6-5-13-15-17-18-16-13/h1-4,12H,5-9H2,(H,15,16,17,18). The molecule has 0 saturated carbocycles. The van der Waals surface area contributed by atoms with Crippen molar-refractivity contribution in [2.45, 2.75) is 12.5 Å². The molecule has 20 heavy (non-hydrogen) atoms. The van der Waals surface area contributed by atoms with Gasteiger partial charge in [-0.25, -0.2) is 4.39 Å². The van der Waals surface area contributed by atoms with E-state index in [-0.39, 0.29) is 11.9 Å². The number of aromatic nitrogens is 4. The minimum absolute atomic E-state index is 0.00498. The van der Waals surface area contributed by atoms with Gasteiger partial charge in [0.05, 0.1) is 12.7 Å². The number of ether oxygens (including phenoxy) is 1. The maximum absolute atomic E-state index is 12.9. The highest BCUT2D eigenvalue weighted by Gasteiger charge is 2.22. The van der Waals surface area contributed by atoms with Crippen molar-refractivity contribution in [3.05, 3.63) is 41.5 Å². The van der Waals surface area contributed by atoms with Gasteiger partial charge in [-0.2, -0.15) is 5.21 Å². The van der Waals surface area contributed by atoms with Crippen molar-refractivity contribution in [1.29, 1.82) is 0 Å². The van der Waals surface area contributed by atoms with Crippen molar-refractivity contribution in [2.24, 2.45) is 0 Å². The van der Waals surface area contributed by atoms with Gasteiger partial charge in [0.15, 0.2) is 5.82 Å². The number of nitrogens with one attached hydrogen (secondary N) is 1. The van der Waals surface area contributed by atoms with Crippen LogP contribution in [0, 0.1) is 5.82 Å². The summed E-state index contributed by atoms with van der Waals surface area (Å²) in [6.45, 7) is 3.22. The van der Waals surface area contributed by atoms with Gasteiger partial charge in [0, 0.05) is 26.1 Å². The second kappa shape index (κ2) is 6.06. The fourth-order valence-corrected chi connectivity index (χ4v) is 2.33. The minimum Gasteiger partial charge on any atom is -0.371 e. The molecule has 6 nitrogen and oxygen atoms in total. The summed E-state index contributed by atoms with van der Waals surface area (Å²) in [5, 5.41) is 13.9. The number of hydrogen-bond donors (Lipinski definition) is 1. The number of hydrogen-bond acceptors (Lipinski definition) is 5. The first-order chi connectivity index (χ1) is 9.81. The molecule has 1 atom stereocenters. The van der Waals surface area contributed by atoms with E-state index < -0.39 is 0 Å². The SMILES string of the molecule is Fc1ccc(C2CN(CCc3nn[nH]n3)CCO2)cc1. The van der Waals surface area contributed by atoms with Crippen molar-refractivity contribution in [3.63, 3.8) is 0 Å². The van der Waals surface area contributed by atoms with E-state index in [0.29, 0.717) is 6.61 Å². The summed E-state index contributed by atoms with van der Waals surface area (Å²) in [4.78, 5) is 2.30. The van der Waals surface area contributed by atoms with Crippen LogP contribution in [0.3, 0.4) is 0 Å². The number of nitrogens with zero attached hydrogens (tertiary/aromatic N) is 4. The molecule has 0 amide bonds. The molecule has 1 saturated heterocycles. The summed E-state index contributed by atoms with van der Waals surface area (Å²) in [7, 11) is 0. The molecular weight excluding hydrogens is 261 g/mol. The van der Waals surface area contributed by atoms with Crippen LogP contribution in [-0.4, -0.2) is 51.8 Å². The van der Waals surface area contributed by atoms with E-state index in [0.717, 1.165) is 37.4 Å². The van der Waals surface area contributed by atoms with E-state index in [9.17, 15) is 4.39 Å². The molecule has 1 aliphatic heterocycles. The van der Waals surface area contributed by atoms with Crippen LogP contribution in [0.2, 0.25) is 0 Å². The predicted octanol–water partition coefficient (Wildman–Crippen LogP) is 0.955. The predicted molar refractivity (Wildman–Crippen MR) is 69.4 cm³/mol. The normalized spacial score (nSPS) is 20.1. The third-order valence-electron chi connectivity index (χ3n) is 3.43. The van der Waals surface area contributed by atoms with Crippen LogP contribution < -0.4 is 0 Å². The lowest BCUT2D eigenvalue weighted by atomic mass is 10.1. The molecule has 1 unspecified atom stereocenters. The van der Waals surface area contributed by atoms with E-state index in [2.05, 4.69) is 25.5 Å². The number of rotatable bonds is 4. The smallest absolute Gasteiger partial charge is 0.175 e. The molecule has 2 aromatic rings. The Morgan fingerprint density at radius 1 is 1.35 bits per heavy atom. The summed E-state index contributed by atoms with van der Waals surface area (Å²) in [6, 6.07) is 6.50. The number of morpholine rings is 1. The molecular formula is C13H16FN5O. The zero-order chi connectivity index (χ0) is 13.8. The highest BCUT2D eigenvalue weighted by atomic mass is 19.1. The van der Waals surface area contributed by atoms with Crippen LogP contribution in [0.1, 0.15) is 17.5 Å². The van der Waals surface area contributed by atoms with Crippen LogP contribution in [0.15, 0.2) is 24.3 Å². The van der Waals surface area contributed by atoms with Gasteiger partial charge in [-0.15, -0.1) is 10.2 Å². The molecule has 3 rings (SSSR count). The average molecular weight is 277 g/mol. The van der Waals surface area contributed by atoms with Crippen molar-refractivity contribution >= 4 is 0 Å². The van der Waals surface area contributed by atoms with Gasteiger partial charge in [-0.1, -0.05) is 17.3 Å². The molecule has 7 heteroatoms. The zero-order valence-corrected chi connectivity index (χ0v) is 11.0. The van der Waals surface area contributed by atoms with Crippen molar-refractivity contribution in [2.75, 3.05) is 26.2 Å². The Kier molecular flexibility index (Phi) is 3.98. The molecule has 2 heterocycles. The van der Waals surface area contributed by atoms with Crippen molar-refractivity contribution < 1.29 is 9.13 Å². The monoisotopic (exact) mass is 277 g/mol.